The summed E-state index contributed by atoms with van der Waals surface area (Å²) in [6.45, 7) is 1.21. The maximum atomic E-state index is 4.14. The van der Waals surface area contributed by atoms with E-state index in [1.165, 1.54) is 36.0 Å². The minimum Gasteiger partial charge on any atom is -0.357 e. The van der Waals surface area contributed by atoms with E-state index in [2.05, 4.69) is 28.0 Å². The van der Waals surface area contributed by atoms with Gasteiger partial charge in [0.05, 0.1) is 0 Å². The fourth-order valence-corrected chi connectivity index (χ4v) is 2.48. The second-order valence-electron chi connectivity index (χ2n) is 4.33. The van der Waals surface area contributed by atoms with Gasteiger partial charge in [-0.25, -0.2) is 0 Å². The van der Waals surface area contributed by atoms with E-state index in [1.807, 2.05) is 18.5 Å². The van der Waals surface area contributed by atoms with Crippen LogP contribution in [0.3, 0.4) is 0 Å². The van der Waals surface area contributed by atoms with Gasteiger partial charge in [-0.15, -0.1) is 0 Å². The molecule has 3 heteroatoms. The Kier molecular flexibility index (Phi) is 1.99. The molecule has 0 saturated carbocycles. The highest BCUT2D eigenvalue weighted by Crippen LogP contribution is 2.31. The van der Waals surface area contributed by atoms with Crippen LogP contribution in [0.15, 0.2) is 24.5 Å². The lowest BCUT2D eigenvalue weighted by Crippen LogP contribution is -2.17. The van der Waals surface area contributed by atoms with Gasteiger partial charge < -0.3 is 4.98 Å². The molecular formula is C12H15N3. The number of rotatable bonds is 1. The summed E-state index contributed by atoms with van der Waals surface area (Å²) in [4.78, 5) is 10.0. The molecule has 1 aliphatic rings. The van der Waals surface area contributed by atoms with Gasteiger partial charge in [-0.1, -0.05) is 0 Å². The highest BCUT2D eigenvalue weighted by molar-refractivity contribution is 5.79. The van der Waals surface area contributed by atoms with Gasteiger partial charge in [0, 0.05) is 35.0 Å². The van der Waals surface area contributed by atoms with Crippen molar-refractivity contribution in [2.45, 2.75) is 18.9 Å². The van der Waals surface area contributed by atoms with Gasteiger partial charge in [-0.05, 0) is 38.6 Å². The maximum Gasteiger partial charge on any atom is 0.0496 e. The van der Waals surface area contributed by atoms with Gasteiger partial charge in [0.25, 0.3) is 0 Å². The molecule has 3 heterocycles. The molecule has 2 aromatic heterocycles. The Bertz CT molecular complexity index is 441. The number of nitrogens with one attached hydrogen (secondary N) is 1. The SMILES string of the molecule is CN1CCC[C@@H]1c1cc2cnccc2[nH]1. The number of fused-ring (bicyclic) bond motifs is 1. The van der Waals surface area contributed by atoms with Crippen molar-refractivity contribution < 1.29 is 0 Å². The molecule has 0 radical (unpaired) electrons. The standard InChI is InChI=1S/C12H15N3/c1-15-6-2-3-12(15)11-7-9-8-13-5-4-10(9)14-11/h4-5,7-8,12,14H,2-3,6H2,1H3/t12-/m1/s1. The quantitative estimate of drug-likeness (QED) is 0.768. The van der Waals surface area contributed by atoms with Crippen LogP contribution in [0.1, 0.15) is 24.6 Å². The minimum atomic E-state index is 0.567. The lowest BCUT2D eigenvalue weighted by atomic mass is 10.1. The van der Waals surface area contributed by atoms with E-state index in [1.54, 1.807) is 0 Å². The minimum absolute atomic E-state index is 0.567. The Labute approximate surface area is 89.1 Å². The lowest BCUT2D eigenvalue weighted by Gasteiger charge is -2.17. The molecule has 0 spiro atoms. The predicted molar refractivity (Wildman–Crippen MR) is 60.7 cm³/mol. The van der Waals surface area contributed by atoms with Crippen LogP contribution in [-0.4, -0.2) is 28.5 Å². The molecule has 0 bridgehead atoms. The topological polar surface area (TPSA) is 31.9 Å². The molecule has 1 fully saturated rings. The van der Waals surface area contributed by atoms with Gasteiger partial charge in [-0.2, -0.15) is 0 Å². The van der Waals surface area contributed by atoms with Crippen molar-refractivity contribution in [3.05, 3.63) is 30.2 Å². The van der Waals surface area contributed by atoms with Crippen molar-refractivity contribution in [3.63, 3.8) is 0 Å². The summed E-state index contributed by atoms with van der Waals surface area (Å²) in [5.74, 6) is 0. The molecule has 0 aromatic carbocycles. The summed E-state index contributed by atoms with van der Waals surface area (Å²) in [5.41, 5.74) is 2.53. The summed E-state index contributed by atoms with van der Waals surface area (Å²) in [7, 11) is 2.20. The van der Waals surface area contributed by atoms with Crippen molar-refractivity contribution in [2.75, 3.05) is 13.6 Å². The van der Waals surface area contributed by atoms with Crippen LogP contribution >= 0.6 is 0 Å². The first-order chi connectivity index (χ1) is 7.34. The third kappa shape index (κ3) is 1.43. The lowest BCUT2D eigenvalue weighted by molar-refractivity contribution is 0.313. The Morgan fingerprint density at radius 1 is 1.53 bits per heavy atom. The van der Waals surface area contributed by atoms with Crippen LogP contribution in [0.2, 0.25) is 0 Å². The van der Waals surface area contributed by atoms with E-state index in [9.17, 15) is 0 Å². The van der Waals surface area contributed by atoms with Crippen LogP contribution in [0.4, 0.5) is 0 Å². The van der Waals surface area contributed by atoms with Gasteiger partial charge in [0.2, 0.25) is 0 Å². The summed E-state index contributed by atoms with van der Waals surface area (Å²) in [5, 5.41) is 1.22. The summed E-state index contributed by atoms with van der Waals surface area (Å²) in [6.07, 6.45) is 6.32. The molecule has 0 amide bonds. The average molecular weight is 201 g/mol. The van der Waals surface area contributed by atoms with Crippen molar-refractivity contribution in [2.24, 2.45) is 0 Å². The maximum absolute atomic E-state index is 4.14. The number of aromatic amines is 1. The molecule has 78 valence electrons. The Morgan fingerprint density at radius 3 is 3.20 bits per heavy atom. The van der Waals surface area contributed by atoms with Crippen LogP contribution in [-0.2, 0) is 0 Å². The normalized spacial score (nSPS) is 22.6. The van der Waals surface area contributed by atoms with E-state index in [-0.39, 0.29) is 0 Å². The number of pyridine rings is 1. The summed E-state index contributed by atoms with van der Waals surface area (Å²) >= 11 is 0. The Hall–Kier alpha value is -1.35. The van der Waals surface area contributed by atoms with Crippen molar-refractivity contribution in [1.29, 1.82) is 0 Å². The van der Waals surface area contributed by atoms with E-state index >= 15 is 0 Å². The number of likely N-dealkylation sites (tertiary alicyclic amines) is 1. The molecule has 15 heavy (non-hydrogen) atoms. The first-order valence-corrected chi connectivity index (χ1v) is 5.47. The molecular weight excluding hydrogens is 186 g/mol. The highest BCUT2D eigenvalue weighted by atomic mass is 15.2. The first-order valence-electron chi connectivity index (χ1n) is 5.47. The van der Waals surface area contributed by atoms with Gasteiger partial charge in [0.15, 0.2) is 0 Å². The van der Waals surface area contributed by atoms with Crippen molar-refractivity contribution in [3.8, 4) is 0 Å². The Balaban J connectivity index is 2.04. The molecule has 3 nitrogen and oxygen atoms in total. The molecule has 2 aromatic rings. The molecule has 1 atom stereocenters. The van der Waals surface area contributed by atoms with Crippen LogP contribution in [0.5, 0.6) is 0 Å². The third-order valence-electron chi connectivity index (χ3n) is 3.32. The second-order valence-corrected chi connectivity index (χ2v) is 4.33. The number of hydrogen-bond acceptors (Lipinski definition) is 2. The van der Waals surface area contributed by atoms with Gasteiger partial charge >= 0.3 is 0 Å². The summed E-state index contributed by atoms with van der Waals surface area (Å²) in [6, 6.07) is 4.83. The van der Waals surface area contributed by atoms with E-state index < -0.39 is 0 Å². The van der Waals surface area contributed by atoms with Gasteiger partial charge in [-0.3, -0.25) is 9.88 Å². The monoisotopic (exact) mass is 201 g/mol. The average Bonchev–Trinajstić information content (AvgIpc) is 2.82. The summed E-state index contributed by atoms with van der Waals surface area (Å²) < 4.78 is 0. The molecule has 1 N–H and O–H groups in total. The van der Waals surface area contributed by atoms with Gasteiger partial charge in [0.1, 0.15) is 0 Å². The van der Waals surface area contributed by atoms with Crippen LogP contribution < -0.4 is 0 Å². The zero-order valence-electron chi connectivity index (χ0n) is 8.90. The largest absolute Gasteiger partial charge is 0.357 e. The smallest absolute Gasteiger partial charge is 0.0496 e. The predicted octanol–water partition coefficient (Wildman–Crippen LogP) is 2.33. The second kappa shape index (κ2) is 3.35. The number of hydrogen-bond donors (Lipinski definition) is 1. The zero-order valence-corrected chi connectivity index (χ0v) is 8.90. The number of aromatic nitrogens is 2. The van der Waals surface area contributed by atoms with E-state index in [4.69, 9.17) is 0 Å². The fraction of sp³-hybridized carbons (Fsp3) is 0.417. The first kappa shape index (κ1) is 8.92. The van der Waals surface area contributed by atoms with Crippen molar-refractivity contribution >= 4 is 10.9 Å². The highest BCUT2D eigenvalue weighted by Gasteiger charge is 2.23. The number of nitrogens with zero attached hydrogens (tertiary/aromatic N) is 2. The molecule has 1 aliphatic heterocycles. The molecule has 0 aliphatic carbocycles. The van der Waals surface area contributed by atoms with Crippen LogP contribution in [0, 0.1) is 0 Å². The molecule has 3 rings (SSSR count). The molecule has 1 saturated heterocycles. The van der Waals surface area contributed by atoms with E-state index in [0.29, 0.717) is 6.04 Å². The fourth-order valence-electron chi connectivity index (χ4n) is 2.48. The van der Waals surface area contributed by atoms with Crippen molar-refractivity contribution in [1.82, 2.24) is 14.9 Å². The van der Waals surface area contributed by atoms with Crippen LogP contribution in [0.25, 0.3) is 10.9 Å². The molecule has 0 unspecified atom stereocenters. The third-order valence-corrected chi connectivity index (χ3v) is 3.32. The zero-order chi connectivity index (χ0) is 10.3. The Morgan fingerprint density at radius 2 is 2.47 bits per heavy atom. The number of H-pyrrole nitrogens is 1. The van der Waals surface area contributed by atoms with E-state index in [0.717, 1.165) is 0 Å².